The summed E-state index contributed by atoms with van der Waals surface area (Å²) in [5.41, 5.74) is 5.67. The van der Waals surface area contributed by atoms with E-state index in [9.17, 15) is 9.18 Å². The van der Waals surface area contributed by atoms with Gasteiger partial charge < -0.3 is 10.1 Å². The van der Waals surface area contributed by atoms with Crippen LogP contribution in [-0.4, -0.2) is 29.6 Å². The number of amidine groups is 1. The van der Waals surface area contributed by atoms with Gasteiger partial charge in [-0.05, 0) is 36.4 Å². The number of nitrogens with zero attached hydrogens (tertiary/aromatic N) is 2. The zero-order valence-corrected chi connectivity index (χ0v) is 15.1. The Morgan fingerprint density at radius 1 is 1.35 bits per heavy atom. The van der Waals surface area contributed by atoms with Crippen LogP contribution in [0.1, 0.15) is 12.5 Å². The average molecular weight is 372 g/mol. The monoisotopic (exact) mass is 372 g/mol. The molecular formula is C18H17FN4O2S. The lowest BCUT2D eigenvalue weighted by Crippen LogP contribution is -2.25. The fraction of sp³-hybridized carbons (Fsp3) is 0.167. The summed E-state index contributed by atoms with van der Waals surface area (Å²) in [6.45, 7) is 1.45. The molecule has 2 aromatic rings. The quantitative estimate of drug-likeness (QED) is 0.861. The molecule has 1 amide bonds. The normalized spacial score (nSPS) is 15.2. The molecule has 1 heterocycles. The second kappa shape index (κ2) is 8.01. The minimum Gasteiger partial charge on any atom is -0.494 e. The van der Waals surface area contributed by atoms with Crippen molar-refractivity contribution in [2.24, 2.45) is 10.1 Å². The molecule has 0 aliphatic carbocycles. The van der Waals surface area contributed by atoms with Gasteiger partial charge in [-0.3, -0.25) is 10.2 Å². The SMILES string of the molecule is COc1ccc(C2=NNC(=Nc3cccc(NC(C)=O)c3)SC2)cc1F. The second-order valence-electron chi connectivity index (χ2n) is 5.46. The zero-order chi connectivity index (χ0) is 18.5. The Labute approximate surface area is 154 Å². The van der Waals surface area contributed by atoms with Crippen LogP contribution in [0.3, 0.4) is 0 Å². The molecule has 2 aromatic carbocycles. The maximum atomic E-state index is 13.8. The summed E-state index contributed by atoms with van der Waals surface area (Å²) in [6.07, 6.45) is 0. The first kappa shape index (κ1) is 17.9. The van der Waals surface area contributed by atoms with E-state index in [4.69, 9.17) is 4.74 Å². The predicted molar refractivity (Wildman–Crippen MR) is 103 cm³/mol. The van der Waals surface area contributed by atoms with E-state index in [-0.39, 0.29) is 11.7 Å². The van der Waals surface area contributed by atoms with Gasteiger partial charge in [-0.2, -0.15) is 5.10 Å². The Morgan fingerprint density at radius 3 is 2.85 bits per heavy atom. The van der Waals surface area contributed by atoms with Crippen LogP contribution in [0.5, 0.6) is 5.75 Å². The van der Waals surface area contributed by atoms with Crippen LogP contribution in [0.15, 0.2) is 52.6 Å². The maximum absolute atomic E-state index is 13.8. The van der Waals surface area contributed by atoms with Gasteiger partial charge >= 0.3 is 0 Å². The van der Waals surface area contributed by atoms with E-state index in [1.54, 1.807) is 24.3 Å². The van der Waals surface area contributed by atoms with E-state index in [0.29, 0.717) is 27.9 Å². The Morgan fingerprint density at radius 2 is 2.19 bits per heavy atom. The van der Waals surface area contributed by atoms with E-state index in [2.05, 4.69) is 20.8 Å². The molecule has 2 N–H and O–H groups in total. The molecule has 3 rings (SSSR count). The Kier molecular flexibility index (Phi) is 5.52. The number of benzene rings is 2. The number of methoxy groups -OCH3 is 1. The number of nitrogens with one attached hydrogen (secondary N) is 2. The average Bonchev–Trinajstić information content (AvgIpc) is 2.62. The minimum atomic E-state index is -0.424. The zero-order valence-electron chi connectivity index (χ0n) is 14.2. The van der Waals surface area contributed by atoms with Crippen LogP contribution in [0.4, 0.5) is 15.8 Å². The molecule has 1 aliphatic rings. The van der Waals surface area contributed by atoms with Crippen LogP contribution >= 0.6 is 11.8 Å². The highest BCUT2D eigenvalue weighted by Gasteiger charge is 2.15. The molecule has 0 spiro atoms. The largest absolute Gasteiger partial charge is 0.494 e. The number of ether oxygens (including phenoxy) is 1. The number of carbonyl (C=O) groups is 1. The van der Waals surface area contributed by atoms with Gasteiger partial charge in [-0.25, -0.2) is 9.38 Å². The summed E-state index contributed by atoms with van der Waals surface area (Å²) in [6, 6.07) is 12.0. The Balaban J connectivity index is 1.73. The van der Waals surface area contributed by atoms with E-state index in [1.165, 1.54) is 31.9 Å². The number of halogens is 1. The Bertz CT molecular complexity index is 899. The first-order valence-corrected chi connectivity index (χ1v) is 8.79. The van der Waals surface area contributed by atoms with Crippen molar-refractivity contribution in [2.75, 3.05) is 18.2 Å². The van der Waals surface area contributed by atoms with E-state index in [1.807, 2.05) is 12.1 Å². The van der Waals surface area contributed by atoms with Gasteiger partial charge in [0.25, 0.3) is 0 Å². The number of aliphatic imine (C=N–C) groups is 1. The fourth-order valence-corrected chi connectivity index (χ4v) is 3.13. The third-order valence-corrected chi connectivity index (χ3v) is 4.39. The lowest BCUT2D eigenvalue weighted by molar-refractivity contribution is -0.114. The molecule has 8 heteroatoms. The van der Waals surface area contributed by atoms with Gasteiger partial charge in [-0.1, -0.05) is 17.8 Å². The van der Waals surface area contributed by atoms with Crippen molar-refractivity contribution in [3.8, 4) is 5.75 Å². The van der Waals surface area contributed by atoms with Gasteiger partial charge in [0.1, 0.15) is 0 Å². The van der Waals surface area contributed by atoms with Crippen molar-refractivity contribution in [3.63, 3.8) is 0 Å². The third kappa shape index (κ3) is 4.40. The summed E-state index contributed by atoms with van der Waals surface area (Å²) < 4.78 is 18.8. The first-order chi connectivity index (χ1) is 12.5. The molecular weight excluding hydrogens is 355 g/mol. The van der Waals surface area contributed by atoms with Crippen LogP contribution in [0.25, 0.3) is 0 Å². The van der Waals surface area contributed by atoms with Crippen LogP contribution in [-0.2, 0) is 4.79 Å². The van der Waals surface area contributed by atoms with Gasteiger partial charge in [0.15, 0.2) is 16.7 Å². The number of hydrogen-bond acceptors (Lipinski definition) is 5. The van der Waals surface area contributed by atoms with E-state index >= 15 is 0 Å². The molecule has 0 aromatic heterocycles. The van der Waals surface area contributed by atoms with E-state index < -0.39 is 5.82 Å². The van der Waals surface area contributed by atoms with Gasteiger partial charge in [0, 0.05) is 23.9 Å². The molecule has 26 heavy (non-hydrogen) atoms. The van der Waals surface area contributed by atoms with Crippen LogP contribution < -0.4 is 15.5 Å². The molecule has 0 bridgehead atoms. The molecule has 6 nitrogen and oxygen atoms in total. The third-order valence-electron chi connectivity index (χ3n) is 3.51. The van der Waals surface area contributed by atoms with Crippen molar-refractivity contribution < 1.29 is 13.9 Å². The van der Waals surface area contributed by atoms with Crippen molar-refractivity contribution in [3.05, 3.63) is 53.8 Å². The van der Waals surface area contributed by atoms with Gasteiger partial charge in [-0.15, -0.1) is 0 Å². The lowest BCUT2D eigenvalue weighted by atomic mass is 10.1. The van der Waals surface area contributed by atoms with Crippen LogP contribution in [0.2, 0.25) is 0 Å². The topological polar surface area (TPSA) is 75.1 Å². The summed E-state index contributed by atoms with van der Waals surface area (Å²) in [7, 11) is 1.43. The van der Waals surface area contributed by atoms with Crippen molar-refractivity contribution in [1.29, 1.82) is 0 Å². The Hall–Kier alpha value is -2.87. The number of amides is 1. The van der Waals surface area contributed by atoms with Crippen molar-refractivity contribution in [2.45, 2.75) is 6.92 Å². The molecule has 0 unspecified atom stereocenters. The molecule has 0 saturated heterocycles. The molecule has 134 valence electrons. The summed E-state index contributed by atoms with van der Waals surface area (Å²) in [5.74, 6) is 0.197. The number of thioether (sulfide) groups is 1. The predicted octanol–water partition coefficient (Wildman–Crippen LogP) is 3.52. The number of hydrogen-bond donors (Lipinski definition) is 2. The standard InChI is InChI=1S/C18H17FN4O2S/c1-11(24)20-13-4-3-5-14(9-13)21-18-23-22-16(10-26-18)12-6-7-17(25-2)15(19)8-12/h3-9H,10H2,1-2H3,(H,20,24)(H,21,23). The highest BCUT2D eigenvalue weighted by atomic mass is 32.2. The van der Waals surface area contributed by atoms with Gasteiger partial charge in [0.2, 0.25) is 5.91 Å². The minimum absolute atomic E-state index is 0.138. The highest BCUT2D eigenvalue weighted by molar-refractivity contribution is 8.14. The van der Waals surface area contributed by atoms with Crippen LogP contribution in [0, 0.1) is 5.82 Å². The lowest BCUT2D eigenvalue weighted by Gasteiger charge is -2.15. The first-order valence-electron chi connectivity index (χ1n) is 7.81. The fourth-order valence-electron chi connectivity index (χ4n) is 2.34. The van der Waals surface area contributed by atoms with Crippen molar-refractivity contribution in [1.82, 2.24) is 5.43 Å². The van der Waals surface area contributed by atoms with E-state index in [0.717, 1.165) is 5.71 Å². The maximum Gasteiger partial charge on any atom is 0.221 e. The summed E-state index contributed by atoms with van der Waals surface area (Å²) >= 11 is 1.46. The summed E-state index contributed by atoms with van der Waals surface area (Å²) in [5, 5.41) is 7.63. The van der Waals surface area contributed by atoms with Crippen molar-refractivity contribution >= 4 is 39.9 Å². The number of hydrazone groups is 1. The molecule has 0 atom stereocenters. The molecule has 0 fully saturated rings. The summed E-state index contributed by atoms with van der Waals surface area (Å²) in [4.78, 5) is 15.6. The number of carbonyl (C=O) groups excluding carboxylic acids is 1. The van der Waals surface area contributed by atoms with Gasteiger partial charge in [0.05, 0.1) is 18.5 Å². The number of anilines is 1. The molecule has 0 saturated carbocycles. The molecule has 1 aliphatic heterocycles. The second-order valence-corrected chi connectivity index (χ2v) is 6.42. The smallest absolute Gasteiger partial charge is 0.221 e. The number of rotatable bonds is 4. The highest BCUT2D eigenvalue weighted by Crippen LogP contribution is 2.23. The molecule has 0 radical (unpaired) electrons.